The molecule has 21 heavy (non-hydrogen) atoms. The first-order valence-corrected chi connectivity index (χ1v) is 7.58. The number of hydrogen-bond acceptors (Lipinski definition) is 7. The second-order valence-electron chi connectivity index (χ2n) is 5.01. The van der Waals surface area contributed by atoms with E-state index in [9.17, 15) is 4.79 Å². The van der Waals surface area contributed by atoms with Crippen molar-refractivity contribution in [3.05, 3.63) is 10.4 Å². The predicted molar refractivity (Wildman–Crippen MR) is 85.7 cm³/mol. The number of hydrogen-bond donors (Lipinski definition) is 2. The molecule has 0 saturated heterocycles. The number of methoxy groups -OCH3 is 1. The van der Waals surface area contributed by atoms with E-state index in [1.54, 1.807) is 0 Å². The minimum atomic E-state index is -0.521. The van der Waals surface area contributed by atoms with Gasteiger partial charge in [0.2, 0.25) is 0 Å². The molecule has 0 spiro atoms. The Hall–Kier alpha value is -1.78. The van der Waals surface area contributed by atoms with Crippen molar-refractivity contribution >= 4 is 28.0 Å². The van der Waals surface area contributed by atoms with Gasteiger partial charge in [0, 0.05) is 12.6 Å². The summed E-state index contributed by atoms with van der Waals surface area (Å²) in [6.07, 6.45) is 0.926. The Bertz CT molecular complexity index is 534. The number of carbonyl (C=O) groups is 1. The fourth-order valence-corrected chi connectivity index (χ4v) is 2.68. The van der Waals surface area contributed by atoms with Gasteiger partial charge in [-0.05, 0) is 33.9 Å². The molecule has 1 aromatic heterocycles. The van der Waals surface area contributed by atoms with Crippen LogP contribution in [0.4, 0.5) is 10.7 Å². The standard InChI is InChI=1S/C14H22N4O2S/c1-9(2)18(3)7-5-6-17-13-11(14(19)20-4)12(16)10(8-15)21-13/h9,17H,5-7,16H2,1-4H3. The first-order chi connectivity index (χ1) is 9.92. The van der Waals surface area contributed by atoms with Crippen molar-refractivity contribution in [1.82, 2.24) is 4.90 Å². The van der Waals surface area contributed by atoms with Crippen LogP contribution in [0.5, 0.6) is 0 Å². The number of nitrogens with one attached hydrogen (secondary N) is 1. The number of nitrogens with zero attached hydrogens (tertiary/aromatic N) is 2. The monoisotopic (exact) mass is 310 g/mol. The van der Waals surface area contributed by atoms with Gasteiger partial charge >= 0.3 is 5.97 Å². The number of thiophene rings is 1. The second-order valence-corrected chi connectivity index (χ2v) is 6.03. The average Bonchev–Trinajstić information content (AvgIpc) is 2.78. The Morgan fingerprint density at radius 2 is 2.24 bits per heavy atom. The Labute approximate surface area is 129 Å². The fourth-order valence-electron chi connectivity index (χ4n) is 1.74. The zero-order chi connectivity index (χ0) is 16.0. The number of anilines is 2. The zero-order valence-corrected chi connectivity index (χ0v) is 13.7. The molecule has 0 atom stereocenters. The minimum Gasteiger partial charge on any atom is -0.465 e. The zero-order valence-electron chi connectivity index (χ0n) is 12.9. The molecule has 0 aromatic carbocycles. The van der Waals surface area contributed by atoms with Gasteiger partial charge in [0.1, 0.15) is 21.5 Å². The molecule has 1 heterocycles. The molecule has 0 bridgehead atoms. The SMILES string of the molecule is COC(=O)c1c(NCCCN(C)C(C)C)sc(C#N)c1N. The molecule has 6 nitrogen and oxygen atoms in total. The van der Waals surface area contributed by atoms with Crippen LogP contribution < -0.4 is 11.1 Å². The maximum absolute atomic E-state index is 11.8. The number of nitrogens with two attached hydrogens (primary N) is 1. The van der Waals surface area contributed by atoms with Crippen LogP contribution in [0.25, 0.3) is 0 Å². The Morgan fingerprint density at radius 1 is 1.57 bits per heavy atom. The molecule has 1 aromatic rings. The smallest absolute Gasteiger partial charge is 0.343 e. The molecule has 0 radical (unpaired) electrons. The van der Waals surface area contributed by atoms with Gasteiger partial charge in [0.15, 0.2) is 0 Å². The first-order valence-electron chi connectivity index (χ1n) is 6.77. The maximum Gasteiger partial charge on any atom is 0.343 e. The molecular formula is C14H22N4O2S. The lowest BCUT2D eigenvalue weighted by atomic mass is 10.2. The van der Waals surface area contributed by atoms with E-state index in [0.29, 0.717) is 22.5 Å². The van der Waals surface area contributed by atoms with Crippen LogP contribution in [0.2, 0.25) is 0 Å². The van der Waals surface area contributed by atoms with Gasteiger partial charge in [-0.1, -0.05) is 0 Å². The van der Waals surface area contributed by atoms with Crippen molar-refractivity contribution in [3.63, 3.8) is 0 Å². The van der Waals surface area contributed by atoms with E-state index >= 15 is 0 Å². The van der Waals surface area contributed by atoms with Gasteiger partial charge < -0.3 is 20.7 Å². The van der Waals surface area contributed by atoms with E-state index in [1.807, 2.05) is 6.07 Å². The Balaban J connectivity index is 2.71. The van der Waals surface area contributed by atoms with Gasteiger partial charge in [0.25, 0.3) is 0 Å². The third-order valence-electron chi connectivity index (χ3n) is 3.29. The molecule has 0 aliphatic heterocycles. The van der Waals surface area contributed by atoms with Gasteiger partial charge in [-0.3, -0.25) is 0 Å². The summed E-state index contributed by atoms with van der Waals surface area (Å²) in [6, 6.07) is 2.49. The van der Waals surface area contributed by atoms with Crippen LogP contribution in [0.3, 0.4) is 0 Å². The van der Waals surface area contributed by atoms with Crippen LogP contribution in [-0.2, 0) is 4.74 Å². The first kappa shape index (κ1) is 17.3. The van der Waals surface area contributed by atoms with E-state index in [-0.39, 0.29) is 11.3 Å². The normalized spacial score (nSPS) is 10.7. The van der Waals surface area contributed by atoms with Crippen molar-refractivity contribution in [3.8, 4) is 6.07 Å². The topological polar surface area (TPSA) is 91.4 Å². The van der Waals surface area contributed by atoms with E-state index in [1.165, 1.54) is 18.4 Å². The lowest BCUT2D eigenvalue weighted by molar-refractivity contribution is 0.0603. The summed E-state index contributed by atoms with van der Waals surface area (Å²) in [5, 5.41) is 12.8. The van der Waals surface area contributed by atoms with Gasteiger partial charge in [-0.2, -0.15) is 5.26 Å². The molecule has 0 amide bonds. The summed E-state index contributed by atoms with van der Waals surface area (Å²) in [7, 11) is 3.37. The lowest BCUT2D eigenvalue weighted by Gasteiger charge is -2.20. The number of carbonyl (C=O) groups excluding carboxylic acids is 1. The van der Waals surface area contributed by atoms with Crippen molar-refractivity contribution in [2.45, 2.75) is 26.3 Å². The highest BCUT2D eigenvalue weighted by Crippen LogP contribution is 2.35. The lowest BCUT2D eigenvalue weighted by Crippen LogP contribution is -2.28. The highest BCUT2D eigenvalue weighted by atomic mass is 32.1. The van der Waals surface area contributed by atoms with Crippen LogP contribution >= 0.6 is 11.3 Å². The van der Waals surface area contributed by atoms with Gasteiger partial charge in [-0.15, -0.1) is 11.3 Å². The Morgan fingerprint density at radius 3 is 2.76 bits per heavy atom. The van der Waals surface area contributed by atoms with Crippen LogP contribution in [0, 0.1) is 11.3 Å². The molecule has 1 rings (SSSR count). The molecule has 0 aliphatic rings. The summed E-state index contributed by atoms with van der Waals surface area (Å²) < 4.78 is 4.72. The van der Waals surface area contributed by atoms with Crippen molar-refractivity contribution < 1.29 is 9.53 Å². The highest BCUT2D eigenvalue weighted by molar-refractivity contribution is 7.17. The quantitative estimate of drug-likeness (QED) is 0.592. The number of esters is 1. The third-order valence-corrected chi connectivity index (χ3v) is 4.36. The maximum atomic E-state index is 11.8. The minimum absolute atomic E-state index is 0.191. The second kappa shape index (κ2) is 7.86. The van der Waals surface area contributed by atoms with E-state index in [2.05, 4.69) is 31.1 Å². The van der Waals surface area contributed by atoms with Crippen LogP contribution in [0.1, 0.15) is 35.5 Å². The van der Waals surface area contributed by atoms with Crippen molar-refractivity contribution in [2.75, 3.05) is 38.3 Å². The molecular weight excluding hydrogens is 288 g/mol. The van der Waals surface area contributed by atoms with Crippen LogP contribution in [0.15, 0.2) is 0 Å². The molecule has 7 heteroatoms. The van der Waals surface area contributed by atoms with Gasteiger partial charge in [-0.25, -0.2) is 4.79 Å². The molecule has 0 saturated carbocycles. The Kier molecular flexibility index (Phi) is 6.46. The summed E-state index contributed by atoms with van der Waals surface area (Å²) in [6.45, 7) is 5.93. The number of ether oxygens (including phenoxy) is 1. The predicted octanol–water partition coefficient (Wildman–Crippen LogP) is 2.13. The average molecular weight is 310 g/mol. The molecule has 0 fully saturated rings. The summed E-state index contributed by atoms with van der Waals surface area (Å²) in [5.41, 5.74) is 6.27. The third kappa shape index (κ3) is 4.34. The molecule has 3 N–H and O–H groups in total. The molecule has 116 valence electrons. The van der Waals surface area contributed by atoms with E-state index in [0.717, 1.165) is 13.0 Å². The molecule has 0 aliphatic carbocycles. The fraction of sp³-hybridized carbons (Fsp3) is 0.571. The van der Waals surface area contributed by atoms with Crippen molar-refractivity contribution in [1.29, 1.82) is 5.26 Å². The van der Waals surface area contributed by atoms with E-state index in [4.69, 9.17) is 15.7 Å². The van der Waals surface area contributed by atoms with Gasteiger partial charge in [0.05, 0.1) is 12.8 Å². The summed E-state index contributed by atoms with van der Waals surface area (Å²) >= 11 is 1.18. The summed E-state index contributed by atoms with van der Waals surface area (Å²) in [4.78, 5) is 14.3. The highest BCUT2D eigenvalue weighted by Gasteiger charge is 2.22. The molecule has 0 unspecified atom stereocenters. The van der Waals surface area contributed by atoms with Crippen LogP contribution in [-0.4, -0.2) is 44.2 Å². The van der Waals surface area contributed by atoms with E-state index < -0.39 is 5.97 Å². The largest absolute Gasteiger partial charge is 0.465 e. The number of nitrogen functional groups attached to an aromatic ring is 1. The number of rotatable bonds is 7. The number of nitriles is 1. The summed E-state index contributed by atoms with van der Waals surface area (Å²) in [5.74, 6) is -0.521. The van der Waals surface area contributed by atoms with Crippen molar-refractivity contribution in [2.24, 2.45) is 0 Å².